The van der Waals surface area contributed by atoms with Crippen molar-refractivity contribution >= 4 is 11.6 Å². The SMILES string of the molecule is CCCCN1C(=O)C(C(C)C)Oc2c(OC)cc(CO)cc21. The third-order valence-electron chi connectivity index (χ3n) is 3.88. The number of benzene rings is 1. The highest BCUT2D eigenvalue weighted by Crippen LogP contribution is 2.43. The zero-order valence-electron chi connectivity index (χ0n) is 13.8. The molecule has 0 aliphatic carbocycles. The standard InChI is InChI=1S/C17H25NO4/c1-5-6-7-18-13-8-12(10-19)9-14(21-4)16(13)22-15(11(2)3)17(18)20/h8-9,11,15,19H,5-7,10H2,1-4H3. The van der Waals surface area contributed by atoms with Crippen molar-refractivity contribution in [3.8, 4) is 11.5 Å². The first kappa shape index (κ1) is 16.6. The number of ether oxygens (including phenoxy) is 2. The number of hydrogen-bond acceptors (Lipinski definition) is 4. The van der Waals surface area contributed by atoms with Crippen LogP contribution < -0.4 is 14.4 Å². The number of amides is 1. The molecule has 1 amide bonds. The van der Waals surface area contributed by atoms with Gasteiger partial charge in [-0.05, 0) is 30.0 Å². The van der Waals surface area contributed by atoms with E-state index in [1.54, 1.807) is 18.1 Å². The number of rotatable bonds is 6. The van der Waals surface area contributed by atoms with E-state index in [-0.39, 0.29) is 18.4 Å². The molecule has 0 spiro atoms. The van der Waals surface area contributed by atoms with Crippen LogP contribution in [0.15, 0.2) is 12.1 Å². The normalized spacial score (nSPS) is 17.5. The number of carbonyl (C=O) groups is 1. The minimum atomic E-state index is -0.502. The largest absolute Gasteiger partial charge is 0.493 e. The van der Waals surface area contributed by atoms with Gasteiger partial charge in [0.1, 0.15) is 0 Å². The van der Waals surface area contributed by atoms with Crippen LogP contribution in [0, 0.1) is 5.92 Å². The van der Waals surface area contributed by atoms with Gasteiger partial charge < -0.3 is 19.5 Å². The molecule has 1 atom stereocenters. The van der Waals surface area contributed by atoms with Gasteiger partial charge in [0.05, 0.1) is 19.4 Å². The van der Waals surface area contributed by atoms with Crippen molar-refractivity contribution in [3.63, 3.8) is 0 Å². The van der Waals surface area contributed by atoms with Crippen molar-refractivity contribution in [1.82, 2.24) is 0 Å². The second kappa shape index (κ2) is 7.01. The lowest BCUT2D eigenvalue weighted by Crippen LogP contribution is -2.48. The summed E-state index contributed by atoms with van der Waals surface area (Å²) >= 11 is 0. The number of aliphatic hydroxyl groups is 1. The quantitative estimate of drug-likeness (QED) is 0.878. The Morgan fingerprint density at radius 1 is 1.41 bits per heavy atom. The lowest BCUT2D eigenvalue weighted by molar-refractivity contribution is -0.128. The fraction of sp³-hybridized carbons (Fsp3) is 0.588. The Hall–Kier alpha value is -1.75. The number of aliphatic hydroxyl groups excluding tert-OH is 1. The smallest absolute Gasteiger partial charge is 0.268 e. The van der Waals surface area contributed by atoms with Crippen molar-refractivity contribution in [3.05, 3.63) is 17.7 Å². The average Bonchev–Trinajstić information content (AvgIpc) is 2.52. The van der Waals surface area contributed by atoms with Gasteiger partial charge in [-0.3, -0.25) is 4.79 Å². The molecule has 0 bridgehead atoms. The molecule has 1 aliphatic heterocycles. The zero-order chi connectivity index (χ0) is 16.3. The van der Waals surface area contributed by atoms with E-state index >= 15 is 0 Å². The summed E-state index contributed by atoms with van der Waals surface area (Å²) in [4.78, 5) is 14.5. The maximum atomic E-state index is 12.7. The van der Waals surface area contributed by atoms with Crippen LogP contribution in [0.3, 0.4) is 0 Å². The molecule has 1 aromatic rings. The van der Waals surface area contributed by atoms with Gasteiger partial charge in [0.25, 0.3) is 5.91 Å². The van der Waals surface area contributed by atoms with Crippen molar-refractivity contribution < 1.29 is 19.4 Å². The highest BCUT2D eigenvalue weighted by molar-refractivity contribution is 6.01. The average molecular weight is 307 g/mol. The molecular formula is C17H25NO4. The molecule has 5 heteroatoms. The van der Waals surface area contributed by atoms with E-state index in [0.29, 0.717) is 29.3 Å². The lowest BCUT2D eigenvalue weighted by Gasteiger charge is -2.37. The summed E-state index contributed by atoms with van der Waals surface area (Å²) in [5, 5.41) is 9.43. The van der Waals surface area contributed by atoms with Gasteiger partial charge >= 0.3 is 0 Å². The first-order valence-electron chi connectivity index (χ1n) is 7.83. The van der Waals surface area contributed by atoms with Crippen LogP contribution in [0.4, 0.5) is 5.69 Å². The van der Waals surface area contributed by atoms with Gasteiger partial charge in [-0.1, -0.05) is 27.2 Å². The molecule has 0 radical (unpaired) electrons. The van der Waals surface area contributed by atoms with E-state index in [4.69, 9.17) is 9.47 Å². The summed E-state index contributed by atoms with van der Waals surface area (Å²) in [6, 6.07) is 3.56. The fourth-order valence-electron chi connectivity index (χ4n) is 2.62. The van der Waals surface area contributed by atoms with Crippen LogP contribution in [0.25, 0.3) is 0 Å². The fourth-order valence-corrected chi connectivity index (χ4v) is 2.62. The summed E-state index contributed by atoms with van der Waals surface area (Å²) < 4.78 is 11.3. The predicted octanol–water partition coefficient (Wildman–Crippen LogP) is 2.74. The molecule has 1 heterocycles. The molecule has 1 aliphatic rings. The van der Waals surface area contributed by atoms with E-state index < -0.39 is 6.10 Å². The van der Waals surface area contributed by atoms with E-state index in [0.717, 1.165) is 12.8 Å². The molecule has 1 aromatic carbocycles. The number of unbranched alkanes of at least 4 members (excludes halogenated alkanes) is 1. The van der Waals surface area contributed by atoms with Crippen LogP contribution in [0.1, 0.15) is 39.2 Å². The van der Waals surface area contributed by atoms with E-state index in [1.807, 2.05) is 19.9 Å². The lowest BCUT2D eigenvalue weighted by atomic mass is 10.0. The molecule has 22 heavy (non-hydrogen) atoms. The van der Waals surface area contributed by atoms with Crippen LogP contribution in [-0.2, 0) is 11.4 Å². The zero-order valence-corrected chi connectivity index (χ0v) is 13.8. The van der Waals surface area contributed by atoms with Crippen molar-refractivity contribution in [2.45, 2.75) is 46.3 Å². The molecule has 0 fully saturated rings. The van der Waals surface area contributed by atoms with Gasteiger partial charge in [-0.25, -0.2) is 0 Å². The highest BCUT2D eigenvalue weighted by Gasteiger charge is 2.37. The first-order chi connectivity index (χ1) is 10.5. The van der Waals surface area contributed by atoms with E-state index in [9.17, 15) is 9.90 Å². The Labute approximate surface area is 131 Å². The molecule has 122 valence electrons. The van der Waals surface area contributed by atoms with Gasteiger partial charge in [-0.2, -0.15) is 0 Å². The summed E-state index contributed by atoms with van der Waals surface area (Å²) in [6.07, 6.45) is 1.42. The number of fused-ring (bicyclic) bond motifs is 1. The second-order valence-electron chi connectivity index (χ2n) is 5.93. The van der Waals surface area contributed by atoms with Crippen molar-refractivity contribution in [2.24, 2.45) is 5.92 Å². The third-order valence-corrected chi connectivity index (χ3v) is 3.88. The van der Waals surface area contributed by atoms with Crippen LogP contribution in [0.5, 0.6) is 11.5 Å². The van der Waals surface area contributed by atoms with E-state index in [1.165, 1.54) is 0 Å². The van der Waals surface area contributed by atoms with Crippen LogP contribution in [0.2, 0.25) is 0 Å². The summed E-state index contributed by atoms with van der Waals surface area (Å²) in [7, 11) is 1.57. The summed E-state index contributed by atoms with van der Waals surface area (Å²) in [5.74, 6) is 1.20. The molecule has 0 saturated carbocycles. The molecule has 0 aromatic heterocycles. The number of hydrogen-bond donors (Lipinski definition) is 1. The Kier molecular flexibility index (Phi) is 5.29. The molecule has 5 nitrogen and oxygen atoms in total. The summed E-state index contributed by atoms with van der Waals surface area (Å²) in [6.45, 7) is 6.58. The number of anilines is 1. The van der Waals surface area contributed by atoms with Crippen molar-refractivity contribution in [2.75, 3.05) is 18.6 Å². The van der Waals surface area contributed by atoms with Gasteiger partial charge in [0, 0.05) is 6.54 Å². The third kappa shape index (κ3) is 3.04. The molecule has 1 N–H and O–H groups in total. The minimum Gasteiger partial charge on any atom is -0.493 e. The summed E-state index contributed by atoms with van der Waals surface area (Å²) in [5.41, 5.74) is 1.40. The Morgan fingerprint density at radius 3 is 2.68 bits per heavy atom. The first-order valence-corrected chi connectivity index (χ1v) is 7.83. The van der Waals surface area contributed by atoms with Gasteiger partial charge in [0.15, 0.2) is 17.6 Å². The predicted molar refractivity (Wildman–Crippen MR) is 85.4 cm³/mol. The molecule has 2 rings (SSSR count). The van der Waals surface area contributed by atoms with E-state index in [2.05, 4.69) is 6.92 Å². The monoisotopic (exact) mass is 307 g/mol. The molecule has 0 saturated heterocycles. The second-order valence-corrected chi connectivity index (χ2v) is 5.93. The number of carbonyl (C=O) groups excluding carboxylic acids is 1. The Balaban J connectivity index is 2.52. The van der Waals surface area contributed by atoms with Crippen LogP contribution in [-0.4, -0.2) is 30.8 Å². The molecule has 1 unspecified atom stereocenters. The highest BCUT2D eigenvalue weighted by atomic mass is 16.5. The topological polar surface area (TPSA) is 59.0 Å². The molecular weight excluding hydrogens is 282 g/mol. The Morgan fingerprint density at radius 2 is 2.14 bits per heavy atom. The van der Waals surface area contributed by atoms with Gasteiger partial charge in [0.2, 0.25) is 0 Å². The Bertz CT molecular complexity index is 542. The number of nitrogens with zero attached hydrogens (tertiary/aromatic N) is 1. The maximum Gasteiger partial charge on any atom is 0.268 e. The number of methoxy groups -OCH3 is 1. The van der Waals surface area contributed by atoms with Gasteiger partial charge in [-0.15, -0.1) is 0 Å². The maximum absolute atomic E-state index is 12.7. The van der Waals surface area contributed by atoms with Crippen molar-refractivity contribution in [1.29, 1.82) is 0 Å². The minimum absolute atomic E-state index is 0.0203. The van der Waals surface area contributed by atoms with Crippen LogP contribution >= 0.6 is 0 Å².